The third-order valence-corrected chi connectivity index (χ3v) is 4.07. The molecule has 0 aliphatic heterocycles. The molecule has 0 amide bonds. The van der Waals surface area contributed by atoms with Crippen LogP contribution >= 0.6 is 27.3 Å². The van der Waals surface area contributed by atoms with E-state index in [9.17, 15) is 0 Å². The van der Waals surface area contributed by atoms with Crippen molar-refractivity contribution in [3.63, 3.8) is 0 Å². The molecule has 2 aromatic rings. The van der Waals surface area contributed by atoms with Gasteiger partial charge in [-0.05, 0) is 41.0 Å². The van der Waals surface area contributed by atoms with E-state index < -0.39 is 0 Å². The third-order valence-electron chi connectivity index (χ3n) is 2.54. The summed E-state index contributed by atoms with van der Waals surface area (Å²) in [6, 6.07) is 4.20. The molecule has 1 N–H and O–H groups in total. The number of pyridine rings is 1. The molecule has 2 rings (SSSR count). The topological polar surface area (TPSA) is 50.7 Å². The molecule has 6 heteroatoms. The largest absolute Gasteiger partial charge is 0.308 e. The Bertz CT molecular complexity index is 497. The molecular formula is C12H15BrN4S. The second kappa shape index (κ2) is 6.36. The average molecular weight is 327 g/mol. The fourth-order valence-electron chi connectivity index (χ4n) is 1.63. The van der Waals surface area contributed by atoms with Gasteiger partial charge in [-0.1, -0.05) is 25.2 Å². The molecule has 4 nitrogen and oxygen atoms in total. The van der Waals surface area contributed by atoms with Crippen LogP contribution in [-0.4, -0.2) is 21.7 Å². The Balaban J connectivity index is 2.21. The molecule has 18 heavy (non-hydrogen) atoms. The van der Waals surface area contributed by atoms with Gasteiger partial charge in [-0.15, -0.1) is 10.2 Å². The van der Waals surface area contributed by atoms with E-state index in [1.165, 1.54) is 0 Å². The molecule has 0 aliphatic carbocycles. The number of hydrogen-bond acceptors (Lipinski definition) is 5. The van der Waals surface area contributed by atoms with Crippen molar-refractivity contribution in [3.8, 4) is 10.7 Å². The highest BCUT2D eigenvalue weighted by molar-refractivity contribution is 9.10. The summed E-state index contributed by atoms with van der Waals surface area (Å²) in [4.78, 5) is 4.33. The molecule has 0 bridgehead atoms. The maximum atomic E-state index is 4.33. The fraction of sp³-hybridized carbons (Fsp3) is 0.417. The van der Waals surface area contributed by atoms with Crippen molar-refractivity contribution in [1.29, 1.82) is 0 Å². The second-order valence-corrected chi connectivity index (χ2v) is 5.75. The lowest BCUT2D eigenvalue weighted by atomic mass is 10.2. The van der Waals surface area contributed by atoms with Gasteiger partial charge < -0.3 is 5.32 Å². The van der Waals surface area contributed by atoms with Crippen LogP contribution in [0.5, 0.6) is 0 Å². The van der Waals surface area contributed by atoms with Gasteiger partial charge in [0.15, 0.2) is 5.01 Å². The first-order valence-electron chi connectivity index (χ1n) is 5.93. The van der Waals surface area contributed by atoms with Gasteiger partial charge in [0, 0.05) is 10.7 Å². The normalized spacial score (nSPS) is 12.6. The van der Waals surface area contributed by atoms with Crippen LogP contribution in [0.3, 0.4) is 0 Å². The molecule has 0 fully saturated rings. The summed E-state index contributed by atoms with van der Waals surface area (Å²) in [6.45, 7) is 5.18. The predicted octanol–water partition coefficient (Wildman–Crippen LogP) is 3.42. The molecule has 0 radical (unpaired) electrons. The minimum Gasteiger partial charge on any atom is -0.308 e. The quantitative estimate of drug-likeness (QED) is 0.914. The Morgan fingerprint density at radius 2 is 2.17 bits per heavy atom. The number of nitrogens with zero attached hydrogens (tertiary/aromatic N) is 3. The van der Waals surface area contributed by atoms with E-state index >= 15 is 0 Å². The van der Waals surface area contributed by atoms with Crippen LogP contribution in [0.2, 0.25) is 0 Å². The first-order valence-corrected chi connectivity index (χ1v) is 7.54. The number of hydrogen-bond donors (Lipinski definition) is 1. The summed E-state index contributed by atoms with van der Waals surface area (Å²) in [5, 5.41) is 13.8. The van der Waals surface area contributed by atoms with Crippen molar-refractivity contribution in [3.05, 3.63) is 27.8 Å². The average Bonchev–Trinajstić information content (AvgIpc) is 2.86. The van der Waals surface area contributed by atoms with Gasteiger partial charge in [0.25, 0.3) is 0 Å². The van der Waals surface area contributed by atoms with E-state index in [1.807, 2.05) is 12.1 Å². The minimum absolute atomic E-state index is 0.289. The number of aromatic nitrogens is 3. The molecule has 0 saturated heterocycles. The summed E-state index contributed by atoms with van der Waals surface area (Å²) in [6.07, 6.45) is 2.79. The summed E-state index contributed by atoms with van der Waals surface area (Å²) in [5.41, 5.74) is 0.869. The van der Waals surface area contributed by atoms with Crippen molar-refractivity contribution in [2.75, 3.05) is 6.54 Å². The zero-order valence-electron chi connectivity index (χ0n) is 10.4. The van der Waals surface area contributed by atoms with E-state index in [0.29, 0.717) is 0 Å². The van der Waals surface area contributed by atoms with Crippen LogP contribution in [-0.2, 0) is 0 Å². The van der Waals surface area contributed by atoms with E-state index in [1.54, 1.807) is 17.5 Å². The van der Waals surface area contributed by atoms with Gasteiger partial charge in [-0.25, -0.2) is 0 Å². The maximum Gasteiger partial charge on any atom is 0.166 e. The van der Waals surface area contributed by atoms with Gasteiger partial charge in [-0.3, -0.25) is 4.98 Å². The van der Waals surface area contributed by atoms with Gasteiger partial charge in [0.1, 0.15) is 10.7 Å². The Labute approximate surface area is 119 Å². The monoisotopic (exact) mass is 326 g/mol. The zero-order valence-corrected chi connectivity index (χ0v) is 12.8. The highest BCUT2D eigenvalue weighted by Crippen LogP contribution is 2.27. The fourth-order valence-corrected chi connectivity index (χ4v) is 2.85. The SMILES string of the molecule is CCNC(CC)c1nnc(-c2ccc(Br)cn2)s1. The second-order valence-electron chi connectivity index (χ2n) is 3.83. The van der Waals surface area contributed by atoms with Crippen LogP contribution < -0.4 is 5.32 Å². The zero-order chi connectivity index (χ0) is 13.0. The molecule has 96 valence electrons. The van der Waals surface area contributed by atoms with Crippen LogP contribution in [0, 0.1) is 0 Å². The molecule has 0 aliphatic rings. The van der Waals surface area contributed by atoms with E-state index in [2.05, 4.69) is 50.3 Å². The summed E-state index contributed by atoms with van der Waals surface area (Å²) >= 11 is 4.97. The molecule has 2 heterocycles. The first kappa shape index (κ1) is 13.6. The van der Waals surface area contributed by atoms with Crippen molar-refractivity contribution in [2.24, 2.45) is 0 Å². The van der Waals surface area contributed by atoms with E-state index in [4.69, 9.17) is 0 Å². The van der Waals surface area contributed by atoms with E-state index in [0.717, 1.165) is 33.1 Å². The summed E-state index contributed by atoms with van der Waals surface area (Å²) < 4.78 is 0.968. The van der Waals surface area contributed by atoms with Gasteiger partial charge in [0.2, 0.25) is 0 Å². The number of nitrogens with one attached hydrogen (secondary N) is 1. The lowest BCUT2D eigenvalue weighted by molar-refractivity contribution is 0.531. The van der Waals surface area contributed by atoms with Crippen molar-refractivity contribution in [2.45, 2.75) is 26.3 Å². The van der Waals surface area contributed by atoms with Gasteiger partial charge >= 0.3 is 0 Å². The molecule has 0 aromatic carbocycles. The Morgan fingerprint density at radius 1 is 1.33 bits per heavy atom. The molecule has 1 unspecified atom stereocenters. The van der Waals surface area contributed by atoms with Crippen molar-refractivity contribution < 1.29 is 0 Å². The molecule has 0 saturated carbocycles. The summed E-state index contributed by atoms with van der Waals surface area (Å²) in [5.74, 6) is 0. The Kier molecular flexibility index (Phi) is 4.79. The minimum atomic E-state index is 0.289. The van der Waals surface area contributed by atoms with E-state index in [-0.39, 0.29) is 6.04 Å². The predicted molar refractivity (Wildman–Crippen MR) is 77.5 cm³/mol. The highest BCUT2D eigenvalue weighted by Gasteiger charge is 2.15. The maximum absolute atomic E-state index is 4.33. The smallest absolute Gasteiger partial charge is 0.166 e. The Morgan fingerprint density at radius 3 is 2.78 bits per heavy atom. The van der Waals surface area contributed by atoms with Crippen molar-refractivity contribution >= 4 is 27.3 Å². The highest BCUT2D eigenvalue weighted by atomic mass is 79.9. The van der Waals surface area contributed by atoms with Crippen LogP contribution in [0.4, 0.5) is 0 Å². The van der Waals surface area contributed by atoms with Gasteiger partial charge in [-0.2, -0.15) is 0 Å². The lowest BCUT2D eigenvalue weighted by Gasteiger charge is -2.10. The summed E-state index contributed by atoms with van der Waals surface area (Å²) in [7, 11) is 0. The molecular weight excluding hydrogens is 312 g/mol. The van der Waals surface area contributed by atoms with Crippen LogP contribution in [0.25, 0.3) is 10.7 Å². The standard InChI is InChI=1S/C12H15BrN4S/c1-3-9(14-4-2)11-16-17-12(18-11)10-6-5-8(13)7-15-10/h5-7,9,14H,3-4H2,1-2H3. The van der Waals surface area contributed by atoms with Crippen LogP contribution in [0.1, 0.15) is 31.3 Å². The van der Waals surface area contributed by atoms with Crippen molar-refractivity contribution in [1.82, 2.24) is 20.5 Å². The number of halogens is 1. The van der Waals surface area contributed by atoms with Gasteiger partial charge in [0.05, 0.1) is 6.04 Å². The molecule has 2 aromatic heterocycles. The third kappa shape index (κ3) is 3.13. The molecule has 0 spiro atoms. The Hall–Kier alpha value is -0.850. The first-order chi connectivity index (χ1) is 8.74. The molecule has 1 atom stereocenters. The lowest BCUT2D eigenvalue weighted by Crippen LogP contribution is -2.19. The van der Waals surface area contributed by atoms with Crippen LogP contribution in [0.15, 0.2) is 22.8 Å². The number of rotatable bonds is 5.